The van der Waals surface area contributed by atoms with Crippen molar-refractivity contribution in [2.45, 2.75) is 26.2 Å². The maximum absolute atomic E-state index is 5.02. The smallest absolute Gasteiger partial charge is 0.125 e. The average molecular weight is 235 g/mol. The van der Waals surface area contributed by atoms with Gasteiger partial charge in [-0.1, -0.05) is 0 Å². The Kier molecular flexibility index (Phi) is 4.45. The lowest BCUT2D eigenvalue weighted by molar-refractivity contribution is 0.197. The molecule has 4 heteroatoms. The predicted molar refractivity (Wildman–Crippen MR) is 67.0 cm³/mol. The fraction of sp³-hybridized carbons (Fsp3) is 0.692. The number of fused-ring (bicyclic) bond motifs is 1. The van der Waals surface area contributed by atoms with E-state index in [-0.39, 0.29) is 0 Å². The van der Waals surface area contributed by atoms with Crippen LogP contribution in [-0.2, 0) is 17.6 Å². The monoisotopic (exact) mass is 235 g/mol. The number of nitrogens with zero attached hydrogens (tertiary/aromatic N) is 2. The summed E-state index contributed by atoms with van der Waals surface area (Å²) in [6.45, 7) is 4.74. The van der Waals surface area contributed by atoms with Crippen molar-refractivity contribution in [2.24, 2.45) is 5.92 Å². The molecule has 0 amide bonds. The first-order valence-corrected chi connectivity index (χ1v) is 6.30. The number of rotatable bonds is 5. The number of hydrogen-bond acceptors (Lipinski definition) is 4. The van der Waals surface area contributed by atoms with Crippen LogP contribution in [-0.4, -0.2) is 36.8 Å². The van der Waals surface area contributed by atoms with Gasteiger partial charge >= 0.3 is 0 Å². The van der Waals surface area contributed by atoms with Crippen LogP contribution in [0.15, 0.2) is 6.20 Å². The molecule has 0 saturated carbocycles. The van der Waals surface area contributed by atoms with Crippen LogP contribution in [0.4, 0.5) is 0 Å². The second-order valence-electron chi connectivity index (χ2n) is 4.69. The van der Waals surface area contributed by atoms with E-state index in [0.717, 1.165) is 38.4 Å². The molecule has 0 saturated heterocycles. The first-order chi connectivity index (χ1) is 8.29. The largest absolute Gasteiger partial charge is 0.383 e. The summed E-state index contributed by atoms with van der Waals surface area (Å²) < 4.78 is 5.02. The molecule has 0 aliphatic heterocycles. The summed E-state index contributed by atoms with van der Waals surface area (Å²) in [5, 5.41) is 3.43. The summed E-state index contributed by atoms with van der Waals surface area (Å²) >= 11 is 0. The molecule has 1 unspecified atom stereocenters. The molecule has 0 bridgehead atoms. The van der Waals surface area contributed by atoms with Crippen LogP contribution in [0.2, 0.25) is 0 Å². The topological polar surface area (TPSA) is 47.0 Å². The van der Waals surface area contributed by atoms with E-state index in [1.165, 1.54) is 17.7 Å². The van der Waals surface area contributed by atoms with E-state index in [2.05, 4.69) is 15.3 Å². The highest BCUT2D eigenvalue weighted by Gasteiger charge is 2.19. The first kappa shape index (κ1) is 12.5. The van der Waals surface area contributed by atoms with Crippen molar-refractivity contribution in [1.82, 2.24) is 15.3 Å². The van der Waals surface area contributed by atoms with E-state index in [4.69, 9.17) is 4.74 Å². The zero-order chi connectivity index (χ0) is 12.1. The minimum Gasteiger partial charge on any atom is -0.383 e. The summed E-state index contributed by atoms with van der Waals surface area (Å²) in [6.07, 6.45) is 5.42. The first-order valence-electron chi connectivity index (χ1n) is 6.30. The molecule has 94 valence electrons. The molecule has 1 aromatic heterocycles. The highest BCUT2D eigenvalue weighted by Crippen LogP contribution is 2.23. The summed E-state index contributed by atoms with van der Waals surface area (Å²) in [5.41, 5.74) is 2.59. The molecule has 1 aliphatic carbocycles. The fourth-order valence-electron chi connectivity index (χ4n) is 2.34. The van der Waals surface area contributed by atoms with Crippen LogP contribution in [0.25, 0.3) is 0 Å². The van der Waals surface area contributed by atoms with E-state index in [9.17, 15) is 0 Å². The summed E-state index contributed by atoms with van der Waals surface area (Å²) in [6, 6.07) is 0. The van der Waals surface area contributed by atoms with E-state index in [1.807, 2.05) is 13.1 Å². The maximum Gasteiger partial charge on any atom is 0.125 e. The second kappa shape index (κ2) is 6.07. The number of aryl methyl sites for hydroxylation is 2. The zero-order valence-electron chi connectivity index (χ0n) is 10.7. The van der Waals surface area contributed by atoms with E-state index < -0.39 is 0 Å². The molecule has 1 aliphatic rings. The van der Waals surface area contributed by atoms with E-state index in [0.29, 0.717) is 5.92 Å². The van der Waals surface area contributed by atoms with Gasteiger partial charge in [-0.25, -0.2) is 9.97 Å². The van der Waals surface area contributed by atoms with Crippen molar-refractivity contribution in [1.29, 1.82) is 0 Å². The van der Waals surface area contributed by atoms with Crippen molar-refractivity contribution >= 4 is 0 Å². The van der Waals surface area contributed by atoms with E-state index in [1.54, 1.807) is 7.11 Å². The molecule has 2 rings (SSSR count). The molecule has 1 atom stereocenters. The Morgan fingerprint density at radius 3 is 3.24 bits per heavy atom. The molecule has 0 spiro atoms. The molecule has 0 aromatic carbocycles. The minimum absolute atomic E-state index is 0.714. The van der Waals surface area contributed by atoms with Crippen LogP contribution in [0.5, 0.6) is 0 Å². The molecule has 0 radical (unpaired) electrons. The van der Waals surface area contributed by atoms with Crippen LogP contribution in [0, 0.1) is 12.8 Å². The van der Waals surface area contributed by atoms with Gasteiger partial charge in [0.25, 0.3) is 0 Å². The lowest BCUT2D eigenvalue weighted by atomic mass is 9.87. The lowest BCUT2D eigenvalue weighted by Gasteiger charge is -2.24. The number of hydrogen-bond donors (Lipinski definition) is 1. The molecule has 17 heavy (non-hydrogen) atoms. The van der Waals surface area contributed by atoms with Gasteiger partial charge in [0, 0.05) is 25.5 Å². The third kappa shape index (κ3) is 3.48. The molecule has 0 fully saturated rings. The highest BCUT2D eigenvalue weighted by molar-refractivity contribution is 5.21. The molecule has 4 nitrogen and oxygen atoms in total. The Labute approximate surface area is 103 Å². The van der Waals surface area contributed by atoms with Crippen molar-refractivity contribution in [2.75, 3.05) is 26.8 Å². The van der Waals surface area contributed by atoms with Crippen LogP contribution >= 0.6 is 0 Å². The Bertz CT molecular complexity index is 368. The van der Waals surface area contributed by atoms with Gasteiger partial charge in [0.05, 0.1) is 6.61 Å². The highest BCUT2D eigenvalue weighted by atomic mass is 16.5. The van der Waals surface area contributed by atoms with Gasteiger partial charge in [0.1, 0.15) is 5.82 Å². The lowest BCUT2D eigenvalue weighted by Crippen LogP contribution is -2.30. The van der Waals surface area contributed by atoms with Crippen molar-refractivity contribution < 1.29 is 4.74 Å². The number of nitrogens with one attached hydrogen (secondary N) is 1. The summed E-state index contributed by atoms with van der Waals surface area (Å²) in [5.74, 6) is 1.60. The molecule has 1 heterocycles. The number of ether oxygens (including phenoxy) is 1. The van der Waals surface area contributed by atoms with Gasteiger partial charge in [-0.05, 0) is 44.2 Å². The van der Waals surface area contributed by atoms with Crippen LogP contribution in [0.3, 0.4) is 0 Å². The third-order valence-corrected chi connectivity index (χ3v) is 3.29. The summed E-state index contributed by atoms with van der Waals surface area (Å²) in [7, 11) is 1.73. The standard InChI is InChI=1S/C13H21N3O/c1-10-15-9-12-7-11(3-4-13(12)16-10)8-14-5-6-17-2/h9,11,14H,3-8H2,1-2H3. The minimum atomic E-state index is 0.714. The van der Waals surface area contributed by atoms with Gasteiger partial charge in [0.15, 0.2) is 0 Å². The molecular formula is C13H21N3O. The van der Waals surface area contributed by atoms with Crippen molar-refractivity contribution in [3.8, 4) is 0 Å². The van der Waals surface area contributed by atoms with Gasteiger partial charge in [0.2, 0.25) is 0 Å². The Balaban J connectivity index is 1.84. The quantitative estimate of drug-likeness (QED) is 0.777. The van der Waals surface area contributed by atoms with E-state index >= 15 is 0 Å². The number of methoxy groups -OCH3 is 1. The van der Waals surface area contributed by atoms with Crippen LogP contribution in [0.1, 0.15) is 23.5 Å². The Morgan fingerprint density at radius 1 is 1.53 bits per heavy atom. The van der Waals surface area contributed by atoms with Crippen molar-refractivity contribution in [3.05, 3.63) is 23.3 Å². The molecule has 1 aromatic rings. The molecular weight excluding hydrogens is 214 g/mol. The third-order valence-electron chi connectivity index (χ3n) is 3.29. The second-order valence-corrected chi connectivity index (χ2v) is 4.69. The SMILES string of the molecule is COCCNCC1CCc2nc(C)ncc2C1. The Hall–Kier alpha value is -1.00. The van der Waals surface area contributed by atoms with Gasteiger partial charge in [-0.3, -0.25) is 0 Å². The van der Waals surface area contributed by atoms with Crippen LogP contribution < -0.4 is 5.32 Å². The van der Waals surface area contributed by atoms with Gasteiger partial charge in [-0.15, -0.1) is 0 Å². The van der Waals surface area contributed by atoms with Gasteiger partial charge in [-0.2, -0.15) is 0 Å². The normalized spacial score (nSPS) is 19.1. The Morgan fingerprint density at radius 2 is 2.41 bits per heavy atom. The fourth-order valence-corrected chi connectivity index (χ4v) is 2.34. The number of aromatic nitrogens is 2. The predicted octanol–water partition coefficient (Wildman–Crippen LogP) is 1.13. The average Bonchev–Trinajstić information content (AvgIpc) is 2.35. The van der Waals surface area contributed by atoms with Gasteiger partial charge < -0.3 is 10.1 Å². The molecule has 1 N–H and O–H groups in total. The van der Waals surface area contributed by atoms with Crippen molar-refractivity contribution in [3.63, 3.8) is 0 Å². The zero-order valence-corrected chi connectivity index (χ0v) is 10.7. The maximum atomic E-state index is 5.02. The summed E-state index contributed by atoms with van der Waals surface area (Å²) in [4.78, 5) is 8.79.